The van der Waals surface area contributed by atoms with Crippen molar-refractivity contribution in [1.82, 2.24) is 29.9 Å². The Kier molecular flexibility index (Phi) is 4.70. The van der Waals surface area contributed by atoms with Crippen LogP contribution in [0.15, 0.2) is 30.7 Å². The maximum absolute atomic E-state index is 5.61. The van der Waals surface area contributed by atoms with E-state index in [1.54, 1.807) is 0 Å². The number of aromatic amines is 1. The first-order valence-electron chi connectivity index (χ1n) is 10.1. The van der Waals surface area contributed by atoms with Crippen LogP contribution in [0, 0.1) is 0 Å². The minimum Gasteiger partial charge on any atom is -0.380 e. The SMILES string of the molecule is Cn1nc(-c2cn[nH]c2)c2cc(C3=CCC(N4CCCOCC4)CC3)cnc21. The topological polar surface area (TPSA) is 71.9 Å². The Balaban J connectivity index is 1.41. The molecule has 1 aliphatic carbocycles. The third-order valence-corrected chi connectivity index (χ3v) is 5.98. The fourth-order valence-corrected chi connectivity index (χ4v) is 4.45. The van der Waals surface area contributed by atoms with Crippen LogP contribution < -0.4 is 0 Å². The average Bonchev–Trinajstić information content (AvgIpc) is 3.28. The predicted molar refractivity (Wildman–Crippen MR) is 109 cm³/mol. The standard InChI is InChI=1S/C21H26N6O/c1-26-21-19(20(25-26)17-13-23-24-14-17)11-16(12-22-21)15-3-5-18(6-4-15)27-7-2-9-28-10-8-27/h3,11-14,18H,2,4-10H2,1H3,(H,23,24). The Labute approximate surface area is 164 Å². The van der Waals surface area contributed by atoms with Crippen LogP contribution in [0.3, 0.4) is 0 Å². The highest BCUT2D eigenvalue weighted by molar-refractivity contribution is 5.92. The third-order valence-electron chi connectivity index (χ3n) is 5.98. The summed E-state index contributed by atoms with van der Waals surface area (Å²) in [6.07, 6.45) is 12.6. The summed E-state index contributed by atoms with van der Waals surface area (Å²) in [4.78, 5) is 7.32. The second-order valence-corrected chi connectivity index (χ2v) is 7.71. The van der Waals surface area contributed by atoms with E-state index in [1.807, 2.05) is 30.3 Å². The van der Waals surface area contributed by atoms with Crippen LogP contribution in [-0.2, 0) is 11.8 Å². The smallest absolute Gasteiger partial charge is 0.158 e. The number of H-pyrrole nitrogens is 1. The first-order chi connectivity index (χ1) is 13.8. The van der Waals surface area contributed by atoms with Gasteiger partial charge < -0.3 is 4.74 Å². The van der Waals surface area contributed by atoms with E-state index in [4.69, 9.17) is 9.72 Å². The molecule has 1 unspecified atom stereocenters. The van der Waals surface area contributed by atoms with E-state index in [1.165, 1.54) is 17.6 Å². The summed E-state index contributed by atoms with van der Waals surface area (Å²) < 4.78 is 7.45. The number of fused-ring (bicyclic) bond motifs is 1. The molecule has 0 spiro atoms. The van der Waals surface area contributed by atoms with E-state index in [0.717, 1.165) is 67.9 Å². The van der Waals surface area contributed by atoms with Crippen LogP contribution in [0.5, 0.6) is 0 Å². The molecular formula is C21H26N6O. The van der Waals surface area contributed by atoms with Crippen LogP contribution in [0.2, 0.25) is 0 Å². The fourth-order valence-electron chi connectivity index (χ4n) is 4.45. The zero-order valence-corrected chi connectivity index (χ0v) is 16.3. The lowest BCUT2D eigenvalue weighted by molar-refractivity contribution is 0.129. The molecule has 7 nitrogen and oxygen atoms in total. The molecule has 28 heavy (non-hydrogen) atoms. The maximum atomic E-state index is 5.61. The summed E-state index contributed by atoms with van der Waals surface area (Å²) in [5.74, 6) is 0. The van der Waals surface area contributed by atoms with Gasteiger partial charge in [-0.1, -0.05) is 6.08 Å². The zero-order valence-electron chi connectivity index (χ0n) is 16.3. The minimum atomic E-state index is 0.641. The lowest BCUT2D eigenvalue weighted by atomic mass is 9.90. The number of aromatic nitrogens is 5. The number of nitrogens with zero attached hydrogens (tertiary/aromatic N) is 5. The molecule has 1 fully saturated rings. The number of hydrogen-bond acceptors (Lipinski definition) is 5. The first-order valence-corrected chi connectivity index (χ1v) is 10.1. The van der Waals surface area contributed by atoms with Crippen molar-refractivity contribution in [2.75, 3.05) is 26.3 Å². The molecule has 7 heteroatoms. The molecule has 1 N–H and O–H groups in total. The number of ether oxygens (including phenoxy) is 1. The number of pyridine rings is 1. The van der Waals surface area contributed by atoms with Crippen molar-refractivity contribution in [1.29, 1.82) is 0 Å². The molecule has 3 aromatic rings. The fraction of sp³-hybridized carbons (Fsp3) is 0.476. The molecule has 1 aliphatic heterocycles. The van der Waals surface area contributed by atoms with Crippen molar-refractivity contribution in [2.24, 2.45) is 7.05 Å². The summed E-state index contributed by atoms with van der Waals surface area (Å²) in [5, 5.41) is 12.7. The van der Waals surface area contributed by atoms with Crippen molar-refractivity contribution >= 4 is 16.6 Å². The van der Waals surface area contributed by atoms with Gasteiger partial charge in [0.2, 0.25) is 0 Å². The molecular weight excluding hydrogens is 352 g/mol. The van der Waals surface area contributed by atoms with Crippen LogP contribution in [0.4, 0.5) is 0 Å². The molecule has 0 radical (unpaired) electrons. The monoisotopic (exact) mass is 378 g/mol. The lowest BCUT2D eigenvalue weighted by Gasteiger charge is -2.32. The normalized spacial score (nSPS) is 21.6. The molecule has 146 valence electrons. The van der Waals surface area contributed by atoms with Crippen LogP contribution in [-0.4, -0.2) is 62.2 Å². The molecule has 5 rings (SSSR count). The quantitative estimate of drug-likeness (QED) is 0.759. The maximum Gasteiger partial charge on any atom is 0.158 e. The molecule has 0 bridgehead atoms. The van der Waals surface area contributed by atoms with Crippen molar-refractivity contribution in [3.63, 3.8) is 0 Å². The van der Waals surface area contributed by atoms with Gasteiger partial charge in [-0.2, -0.15) is 10.2 Å². The van der Waals surface area contributed by atoms with Crippen molar-refractivity contribution in [3.8, 4) is 11.3 Å². The summed E-state index contributed by atoms with van der Waals surface area (Å²) in [6.45, 7) is 3.99. The summed E-state index contributed by atoms with van der Waals surface area (Å²) in [5.41, 5.74) is 5.44. The number of rotatable bonds is 3. The van der Waals surface area contributed by atoms with Crippen LogP contribution in [0.1, 0.15) is 31.2 Å². The zero-order chi connectivity index (χ0) is 18.9. The second-order valence-electron chi connectivity index (χ2n) is 7.71. The summed E-state index contributed by atoms with van der Waals surface area (Å²) in [7, 11) is 1.94. The Morgan fingerprint density at radius 2 is 2.14 bits per heavy atom. The van der Waals surface area contributed by atoms with Gasteiger partial charge in [-0.15, -0.1) is 0 Å². The Bertz CT molecular complexity index is 982. The molecule has 1 atom stereocenters. The average molecular weight is 378 g/mol. The molecule has 2 aliphatic rings. The van der Waals surface area contributed by atoms with Gasteiger partial charge in [0.15, 0.2) is 5.65 Å². The Hall–Kier alpha value is -2.51. The summed E-state index contributed by atoms with van der Waals surface area (Å²) >= 11 is 0. The second kappa shape index (κ2) is 7.48. The van der Waals surface area contributed by atoms with E-state index in [0.29, 0.717) is 6.04 Å². The number of aryl methyl sites for hydroxylation is 1. The minimum absolute atomic E-state index is 0.641. The third kappa shape index (κ3) is 3.25. The van der Waals surface area contributed by atoms with E-state index >= 15 is 0 Å². The van der Waals surface area contributed by atoms with Crippen LogP contribution in [0.25, 0.3) is 27.9 Å². The molecule has 4 heterocycles. The predicted octanol–water partition coefficient (Wildman–Crippen LogP) is 3.02. The van der Waals surface area contributed by atoms with E-state index in [9.17, 15) is 0 Å². The van der Waals surface area contributed by atoms with Gasteiger partial charge in [0.25, 0.3) is 0 Å². The van der Waals surface area contributed by atoms with Gasteiger partial charge in [-0.25, -0.2) is 9.67 Å². The molecule has 0 aromatic carbocycles. The first kappa shape index (κ1) is 17.6. The summed E-state index contributed by atoms with van der Waals surface area (Å²) in [6, 6.07) is 2.88. The van der Waals surface area contributed by atoms with Gasteiger partial charge in [-0.3, -0.25) is 10.00 Å². The molecule has 0 amide bonds. The number of hydrogen-bond donors (Lipinski definition) is 1. The number of allylic oxidation sites excluding steroid dienone is 1. The van der Waals surface area contributed by atoms with Gasteiger partial charge in [-0.05, 0) is 42.9 Å². The molecule has 1 saturated heterocycles. The largest absolute Gasteiger partial charge is 0.380 e. The lowest BCUT2D eigenvalue weighted by Crippen LogP contribution is -2.37. The van der Waals surface area contributed by atoms with Gasteiger partial charge >= 0.3 is 0 Å². The van der Waals surface area contributed by atoms with Crippen LogP contribution >= 0.6 is 0 Å². The van der Waals surface area contributed by atoms with Gasteiger partial charge in [0.1, 0.15) is 5.69 Å². The highest BCUT2D eigenvalue weighted by atomic mass is 16.5. The Morgan fingerprint density at radius 1 is 1.18 bits per heavy atom. The van der Waals surface area contributed by atoms with Crippen molar-refractivity contribution in [2.45, 2.75) is 31.7 Å². The molecule has 0 saturated carbocycles. The highest BCUT2D eigenvalue weighted by Crippen LogP contribution is 2.33. The van der Waals surface area contributed by atoms with E-state index in [-0.39, 0.29) is 0 Å². The van der Waals surface area contributed by atoms with Gasteiger partial charge in [0, 0.05) is 56.1 Å². The van der Waals surface area contributed by atoms with E-state index in [2.05, 4.69) is 32.3 Å². The van der Waals surface area contributed by atoms with Gasteiger partial charge in [0.05, 0.1) is 12.8 Å². The Morgan fingerprint density at radius 3 is 2.96 bits per heavy atom. The molecule has 3 aromatic heterocycles. The highest BCUT2D eigenvalue weighted by Gasteiger charge is 2.23. The van der Waals surface area contributed by atoms with E-state index < -0.39 is 0 Å². The van der Waals surface area contributed by atoms with Crippen molar-refractivity contribution in [3.05, 3.63) is 36.3 Å². The van der Waals surface area contributed by atoms with Crippen molar-refractivity contribution < 1.29 is 4.74 Å². The number of nitrogens with one attached hydrogen (secondary N) is 1.